The summed E-state index contributed by atoms with van der Waals surface area (Å²) in [6, 6.07) is 2.45. The van der Waals surface area contributed by atoms with Crippen LogP contribution in [0.1, 0.15) is 214 Å². The van der Waals surface area contributed by atoms with Crippen LogP contribution in [0.25, 0.3) is 0 Å². The molecule has 17 atom stereocenters. The summed E-state index contributed by atoms with van der Waals surface area (Å²) in [5.74, 6) is 0. The first-order valence-electron chi connectivity index (χ1n) is 39.8. The van der Waals surface area contributed by atoms with Crippen LogP contribution in [0.4, 0.5) is 0 Å². The highest BCUT2D eigenvalue weighted by Gasteiger charge is 2.44. The number of hydrogen-bond donors (Lipinski definition) is 7. The highest BCUT2D eigenvalue weighted by molar-refractivity contribution is 7.69. The molecule has 0 aliphatic carbocycles. The molecule has 5 fully saturated rings. The Morgan fingerprint density at radius 2 is 0.746 bits per heavy atom. The van der Waals surface area contributed by atoms with Crippen molar-refractivity contribution in [2.24, 2.45) is 0 Å². The van der Waals surface area contributed by atoms with E-state index in [1.807, 2.05) is 20.8 Å². The first-order chi connectivity index (χ1) is 55.5. The molecule has 10 rings (SSSR count). The van der Waals surface area contributed by atoms with Gasteiger partial charge in [-0.3, -0.25) is 81.1 Å². The van der Waals surface area contributed by atoms with E-state index in [4.69, 9.17) is 71.1 Å². The molecule has 5 aliphatic rings. The number of aromatic nitrogens is 10. The van der Waals surface area contributed by atoms with Crippen molar-refractivity contribution in [2.75, 3.05) is 27.4 Å². The Labute approximate surface area is 690 Å². The number of ether oxygens (including phenoxy) is 7. The van der Waals surface area contributed by atoms with Crippen molar-refractivity contribution in [3.8, 4) is 36.3 Å². The van der Waals surface area contributed by atoms with Crippen LogP contribution in [0, 0.1) is 70.9 Å². The number of methoxy groups -OCH3 is 2. The highest BCUT2D eigenvalue weighted by atomic mass is 31.2. The Kier molecular flexibility index (Phi) is 37.9. The topological polar surface area (TPSA) is 417 Å². The summed E-state index contributed by atoms with van der Waals surface area (Å²) >= 11 is 0. The van der Waals surface area contributed by atoms with Crippen LogP contribution in [0.3, 0.4) is 0 Å². The lowest BCUT2D eigenvalue weighted by Gasteiger charge is -2.44. The fraction of sp³-hybridized carbons (Fsp3) is 0.662. The quantitative estimate of drug-likeness (QED) is 0.0204. The van der Waals surface area contributed by atoms with Crippen molar-refractivity contribution in [3.63, 3.8) is 0 Å². The molecule has 118 heavy (non-hydrogen) atoms. The summed E-state index contributed by atoms with van der Waals surface area (Å²) in [6.45, 7) is 40.0. The Morgan fingerprint density at radius 3 is 1.03 bits per heavy atom. The molecular formula is C80H124N13O22P3. The van der Waals surface area contributed by atoms with Gasteiger partial charge < -0.3 is 56.9 Å². The molecule has 5 saturated heterocycles. The predicted molar refractivity (Wildman–Crippen MR) is 455 cm³/mol. The number of aryl methyl sites for hydroxylation is 5. The number of terminal acetylenes is 3. The van der Waals surface area contributed by atoms with Gasteiger partial charge in [0, 0.05) is 141 Å². The van der Waals surface area contributed by atoms with Crippen LogP contribution >= 0.6 is 23.9 Å². The molecule has 0 bridgehead atoms. The Hall–Kier alpha value is -7.36. The second-order valence-electron chi connectivity index (χ2n) is 31.1. The van der Waals surface area contributed by atoms with Crippen molar-refractivity contribution in [2.45, 2.75) is 318 Å². The van der Waals surface area contributed by atoms with Crippen molar-refractivity contribution < 1.29 is 56.9 Å². The van der Waals surface area contributed by atoms with Crippen LogP contribution in [-0.4, -0.2) is 203 Å². The van der Waals surface area contributed by atoms with Gasteiger partial charge in [0.05, 0.1) is 62.0 Å². The van der Waals surface area contributed by atoms with E-state index in [-0.39, 0.29) is 61.4 Å². The Balaban J connectivity index is 0.000000240. The van der Waals surface area contributed by atoms with Crippen LogP contribution in [0.15, 0.2) is 78.9 Å². The molecule has 0 amide bonds. The average Bonchev–Trinajstić information content (AvgIpc) is 1.67. The second-order valence-corrected chi connectivity index (χ2v) is 36.5. The van der Waals surface area contributed by atoms with E-state index in [1.54, 1.807) is 40.8 Å². The largest absolute Gasteiger partial charge is 0.394 e. The predicted octanol–water partition coefficient (Wildman–Crippen LogP) is 7.09. The molecule has 38 heteroatoms. The minimum Gasteiger partial charge on any atom is -0.394 e. The molecule has 35 nitrogen and oxygen atoms in total. The summed E-state index contributed by atoms with van der Waals surface area (Å²) in [7, 11) is -1.91. The molecule has 7 N–H and O–H groups in total. The molecule has 0 radical (unpaired) electrons. The second kappa shape index (κ2) is 45.0. The molecule has 656 valence electrons. The minimum absolute atomic E-state index is 0.0139. The van der Waals surface area contributed by atoms with Gasteiger partial charge in [-0.05, 0) is 160 Å². The SMILES string of the molecule is C#CP(=C)(OC[C@H]1O[C@@H](n2cc(C)c(=O)[nH]c2=O)CC1OC)OC1C[C@H](n2cc(C)c(=O)[nH]c2=O)O[C@@H]1CC.C#CP(N(C(C)C)C(C)C)N(C(C)C)C(C)C.C#CP(OC1C[C@H](n2cc(C)c(=O)[nH]c2=O)O[C@@H]1CC)N(C(C)C)C(C)C.CC[C@H]1O[C@@H](n2cc(C)c(=O)[nH]c2=O)CC1O.COC1C[C@H](n2cc(C)c(=O)[nH]c2=O)O[C@@H]1CO. The van der Waals surface area contributed by atoms with Gasteiger partial charge in [0.25, 0.3) is 27.8 Å². The Morgan fingerprint density at radius 1 is 0.458 bits per heavy atom. The molecule has 5 aromatic rings. The standard InChI is InChI=1S/C25H33N4O9P.C19H30N3O4P.C14H29N2P.C11H16N2O5.C11H16N2O4/c1-7-16-18(10-21(36-16)29-12-15(4)23(31)27-25(29)33)38-39(6,8-2)35-13-19-17(34-5)9-20(37-19)28-11-14(3)22(30)26-24(28)32;1-8-15-16(26-27(9-2)22(12(3)4)13(5)6)10-17(25-15)21-11-14(7)18(23)20-19(21)24;1-10-17(15(11(2)3)12(4)5)16(13(6)7)14(8)9;1-6-4-13(11(16)12-10(6)15)9-3-7(17-2)8(5-14)18-9;1-3-8-7(14)4-9(17-8)13-5-6(2)10(15)12-11(13)16/h2,11-12,16-21H,6-7,9-10,13H2,1,3-5H3,(H,26,30,32)(H,27,31,33);2,11-13,15-17H,8,10H2,1,3-7H3,(H,20,23,24);1,11-14H,2-9H3;4,7-9,14H,3,5H2,1-2H3,(H,12,15,16);5,7-9,14H,3-4H2,1-2H3,(H,12,15,16)/t16-,17?,18?,19-,20-,21-,39?;15-,16?,17-,27?;;2*7?,8-,9-/m11.11/s1. The fourth-order valence-corrected chi connectivity index (χ4v) is 19.7. The first kappa shape index (κ1) is 99.5. The Bertz CT molecular complexity index is 4910. The fourth-order valence-electron chi connectivity index (χ4n) is 14.6. The zero-order valence-electron chi connectivity index (χ0n) is 72.0. The third-order valence-corrected chi connectivity index (χ3v) is 27.0. The van der Waals surface area contributed by atoms with Gasteiger partial charge in [-0.15, -0.1) is 19.3 Å². The number of aromatic amines is 5. The number of aliphatic hydroxyl groups excluding tert-OH is 2. The number of nitrogens with zero attached hydrogens (tertiary/aromatic N) is 8. The number of rotatable bonds is 27. The highest BCUT2D eigenvalue weighted by Crippen LogP contribution is 2.53. The van der Waals surface area contributed by atoms with Gasteiger partial charge in [0.15, 0.2) is 15.6 Å². The van der Waals surface area contributed by atoms with Crippen molar-refractivity contribution in [3.05, 3.63) is 163 Å². The van der Waals surface area contributed by atoms with Gasteiger partial charge in [-0.2, -0.15) is 0 Å². The number of nitrogens with one attached hydrogen (secondary N) is 5. The van der Waals surface area contributed by atoms with Gasteiger partial charge in [-0.25, -0.2) is 28.6 Å². The molecule has 10 heterocycles. The monoisotopic (exact) mass is 1710 g/mol. The van der Waals surface area contributed by atoms with E-state index in [9.17, 15) is 53.1 Å². The summed E-state index contributed by atoms with van der Waals surface area (Å²) < 4.78 is 72.5. The van der Waals surface area contributed by atoms with Crippen molar-refractivity contribution >= 4 is 30.2 Å². The molecule has 5 aliphatic heterocycles. The third-order valence-electron chi connectivity index (χ3n) is 20.4. The number of hydrogen-bond acceptors (Lipinski definition) is 25. The van der Waals surface area contributed by atoms with Crippen molar-refractivity contribution in [1.82, 2.24) is 61.8 Å². The van der Waals surface area contributed by atoms with E-state index in [2.05, 4.69) is 145 Å². The first-order valence-corrected chi connectivity index (χ1v) is 44.1. The summed E-state index contributed by atoms with van der Waals surface area (Å²) in [6.07, 6.45) is 26.1. The molecule has 0 saturated carbocycles. The lowest BCUT2D eigenvalue weighted by Crippen LogP contribution is -2.42. The molecule has 0 aromatic carbocycles. The molecular weight excluding hydrogens is 1590 g/mol. The summed E-state index contributed by atoms with van der Waals surface area (Å²) in [4.78, 5) is 129. The maximum atomic E-state index is 12.4. The number of H-pyrrole nitrogens is 5. The van der Waals surface area contributed by atoms with Gasteiger partial charge >= 0.3 is 28.4 Å². The number of aliphatic hydroxyl groups is 2. The van der Waals surface area contributed by atoms with Crippen LogP contribution in [0.5, 0.6) is 0 Å². The maximum Gasteiger partial charge on any atom is 0.330 e. The lowest BCUT2D eigenvalue weighted by molar-refractivity contribution is -0.0535. The van der Waals surface area contributed by atoms with E-state index >= 15 is 0 Å². The summed E-state index contributed by atoms with van der Waals surface area (Å²) in [5.41, 5.74) is 5.74. The van der Waals surface area contributed by atoms with Crippen LogP contribution < -0.4 is 56.2 Å². The summed E-state index contributed by atoms with van der Waals surface area (Å²) in [5, 5.41) is 18.9. The van der Waals surface area contributed by atoms with E-state index in [0.717, 1.165) is 6.42 Å². The average molecular weight is 1710 g/mol. The van der Waals surface area contributed by atoms with Gasteiger partial charge in [0.1, 0.15) is 51.6 Å². The smallest absolute Gasteiger partial charge is 0.330 e. The van der Waals surface area contributed by atoms with Gasteiger partial charge in [0.2, 0.25) is 0 Å². The zero-order chi connectivity index (χ0) is 88.4. The van der Waals surface area contributed by atoms with E-state index in [1.165, 1.54) is 61.8 Å². The van der Waals surface area contributed by atoms with Crippen LogP contribution in [-0.2, 0) is 46.7 Å². The van der Waals surface area contributed by atoms with Gasteiger partial charge in [-0.1, -0.05) is 20.8 Å². The normalized spacial score (nSPS) is 25.0. The maximum absolute atomic E-state index is 12.4. The van der Waals surface area contributed by atoms with Crippen molar-refractivity contribution in [1.29, 1.82) is 0 Å². The minimum atomic E-state index is -3.10. The van der Waals surface area contributed by atoms with Crippen LogP contribution in [0.2, 0.25) is 0 Å². The lowest BCUT2D eigenvalue weighted by atomic mass is 10.1. The zero-order valence-corrected chi connectivity index (χ0v) is 74.7. The molecule has 7 unspecified atom stereocenters. The third kappa shape index (κ3) is 25.4. The molecule has 5 aromatic heterocycles. The molecule has 0 spiro atoms. The van der Waals surface area contributed by atoms with E-state index < -0.39 is 136 Å². The van der Waals surface area contributed by atoms with E-state index in [0.29, 0.717) is 96.9 Å².